The van der Waals surface area contributed by atoms with Crippen molar-refractivity contribution in [2.24, 2.45) is 0 Å². The van der Waals surface area contributed by atoms with E-state index < -0.39 is 0 Å². The summed E-state index contributed by atoms with van der Waals surface area (Å²) in [6.45, 7) is 0.928. The van der Waals surface area contributed by atoms with Gasteiger partial charge in [0.15, 0.2) is 0 Å². The summed E-state index contributed by atoms with van der Waals surface area (Å²) in [4.78, 5) is 7.83. The van der Waals surface area contributed by atoms with Crippen molar-refractivity contribution in [3.05, 3.63) is 12.3 Å². The van der Waals surface area contributed by atoms with Crippen LogP contribution in [0, 0.1) is 0 Å². The number of nitrogens with two attached hydrogens (primary N) is 1. The Bertz CT molecular complexity index is 254. The van der Waals surface area contributed by atoms with Gasteiger partial charge >= 0.3 is 0 Å². The molecular formula is C8H14N4S. The lowest BCUT2D eigenvalue weighted by Gasteiger charge is -2.04. The molecule has 0 aliphatic carbocycles. The summed E-state index contributed by atoms with van der Waals surface area (Å²) in [6.07, 6.45) is 4.88. The van der Waals surface area contributed by atoms with Gasteiger partial charge in [0.25, 0.3) is 0 Å². The number of rotatable bonds is 5. The number of hydrogen-bond acceptors (Lipinski definition) is 5. The van der Waals surface area contributed by atoms with Gasteiger partial charge in [-0.25, -0.2) is 4.98 Å². The molecule has 0 radical (unpaired) electrons. The Balaban J connectivity index is 2.28. The molecule has 0 spiro atoms. The summed E-state index contributed by atoms with van der Waals surface area (Å²) in [6, 6.07) is 1.81. The molecule has 0 saturated carbocycles. The van der Waals surface area contributed by atoms with E-state index in [0.29, 0.717) is 5.95 Å². The molecule has 5 heteroatoms. The van der Waals surface area contributed by atoms with Gasteiger partial charge in [0, 0.05) is 12.7 Å². The van der Waals surface area contributed by atoms with Crippen LogP contribution < -0.4 is 11.1 Å². The topological polar surface area (TPSA) is 63.8 Å². The zero-order valence-electron chi connectivity index (χ0n) is 7.66. The average Bonchev–Trinajstić information content (AvgIpc) is 2.13. The van der Waals surface area contributed by atoms with Gasteiger partial charge in [0.2, 0.25) is 5.95 Å². The van der Waals surface area contributed by atoms with Crippen molar-refractivity contribution in [2.45, 2.75) is 6.42 Å². The number of thioether (sulfide) groups is 1. The number of anilines is 2. The van der Waals surface area contributed by atoms with Gasteiger partial charge in [0.05, 0.1) is 0 Å². The molecule has 72 valence electrons. The molecule has 1 rings (SSSR count). The number of hydrogen-bond donors (Lipinski definition) is 2. The van der Waals surface area contributed by atoms with Crippen LogP contribution in [0.25, 0.3) is 0 Å². The Labute approximate surface area is 82.3 Å². The zero-order valence-corrected chi connectivity index (χ0v) is 8.47. The molecule has 0 aliphatic rings. The van der Waals surface area contributed by atoms with Crippen LogP contribution in [-0.2, 0) is 0 Å². The van der Waals surface area contributed by atoms with E-state index in [1.807, 2.05) is 17.8 Å². The van der Waals surface area contributed by atoms with E-state index in [1.165, 1.54) is 0 Å². The molecule has 4 nitrogen and oxygen atoms in total. The van der Waals surface area contributed by atoms with Crippen molar-refractivity contribution in [2.75, 3.05) is 29.6 Å². The van der Waals surface area contributed by atoms with Gasteiger partial charge in [0.1, 0.15) is 5.82 Å². The van der Waals surface area contributed by atoms with E-state index in [4.69, 9.17) is 5.73 Å². The van der Waals surface area contributed by atoms with E-state index in [1.54, 1.807) is 6.20 Å². The van der Waals surface area contributed by atoms with Crippen LogP contribution >= 0.6 is 11.8 Å². The fraction of sp³-hybridized carbons (Fsp3) is 0.500. The van der Waals surface area contributed by atoms with Crippen molar-refractivity contribution < 1.29 is 0 Å². The van der Waals surface area contributed by atoms with Gasteiger partial charge in [-0.3, -0.25) is 0 Å². The minimum atomic E-state index is 0.315. The van der Waals surface area contributed by atoms with Crippen molar-refractivity contribution in [1.29, 1.82) is 0 Å². The van der Waals surface area contributed by atoms with Gasteiger partial charge in [-0.2, -0.15) is 16.7 Å². The van der Waals surface area contributed by atoms with Crippen LogP contribution in [0.4, 0.5) is 11.8 Å². The molecule has 0 amide bonds. The molecule has 3 N–H and O–H groups in total. The quantitative estimate of drug-likeness (QED) is 0.697. The van der Waals surface area contributed by atoms with Gasteiger partial charge < -0.3 is 11.1 Å². The molecule has 0 aliphatic heterocycles. The fourth-order valence-corrected chi connectivity index (χ4v) is 1.34. The Morgan fingerprint density at radius 2 is 2.46 bits per heavy atom. The van der Waals surface area contributed by atoms with Crippen LogP contribution in [0.5, 0.6) is 0 Å². The Morgan fingerprint density at radius 1 is 1.62 bits per heavy atom. The molecule has 1 aromatic heterocycles. The maximum atomic E-state index is 5.42. The average molecular weight is 198 g/mol. The first kappa shape index (κ1) is 10.1. The summed E-state index contributed by atoms with van der Waals surface area (Å²) < 4.78 is 0. The smallest absolute Gasteiger partial charge is 0.221 e. The first-order valence-electron chi connectivity index (χ1n) is 4.14. The van der Waals surface area contributed by atoms with Crippen molar-refractivity contribution in [3.63, 3.8) is 0 Å². The second kappa shape index (κ2) is 5.64. The van der Waals surface area contributed by atoms with E-state index in [2.05, 4.69) is 21.5 Å². The van der Waals surface area contributed by atoms with Crippen LogP contribution in [0.3, 0.4) is 0 Å². The first-order valence-corrected chi connectivity index (χ1v) is 5.53. The van der Waals surface area contributed by atoms with E-state index in [9.17, 15) is 0 Å². The molecule has 0 fully saturated rings. The third-order valence-corrected chi connectivity index (χ3v) is 2.20. The Hall–Kier alpha value is -0.970. The minimum Gasteiger partial charge on any atom is -0.370 e. The number of nitrogen functional groups attached to an aromatic ring is 1. The highest BCUT2D eigenvalue weighted by Gasteiger charge is 1.93. The molecule has 0 saturated heterocycles. The lowest BCUT2D eigenvalue weighted by Crippen LogP contribution is -2.05. The fourth-order valence-electron chi connectivity index (χ4n) is 0.905. The lowest BCUT2D eigenvalue weighted by atomic mass is 10.4. The van der Waals surface area contributed by atoms with Gasteiger partial charge in [-0.15, -0.1) is 0 Å². The highest BCUT2D eigenvalue weighted by molar-refractivity contribution is 7.98. The molecular weight excluding hydrogens is 184 g/mol. The second-order valence-corrected chi connectivity index (χ2v) is 3.56. The van der Waals surface area contributed by atoms with Crippen LogP contribution in [0.1, 0.15) is 6.42 Å². The summed E-state index contributed by atoms with van der Waals surface area (Å²) in [5, 5.41) is 3.18. The lowest BCUT2D eigenvalue weighted by molar-refractivity contribution is 0.978. The summed E-state index contributed by atoms with van der Waals surface area (Å²) >= 11 is 1.84. The van der Waals surface area contributed by atoms with Crippen molar-refractivity contribution >= 4 is 23.5 Å². The third-order valence-electron chi connectivity index (χ3n) is 1.51. The zero-order chi connectivity index (χ0) is 9.52. The predicted octanol–water partition coefficient (Wildman–Crippen LogP) is 1.22. The number of nitrogens with one attached hydrogen (secondary N) is 1. The summed E-state index contributed by atoms with van der Waals surface area (Å²) in [5.41, 5.74) is 5.42. The maximum absolute atomic E-state index is 5.42. The number of nitrogens with zero attached hydrogens (tertiary/aromatic N) is 2. The summed E-state index contributed by atoms with van der Waals surface area (Å²) in [5.74, 6) is 2.27. The van der Waals surface area contributed by atoms with Crippen LogP contribution in [0.2, 0.25) is 0 Å². The molecule has 0 aromatic carbocycles. The predicted molar refractivity (Wildman–Crippen MR) is 57.9 cm³/mol. The van der Waals surface area contributed by atoms with E-state index in [-0.39, 0.29) is 0 Å². The van der Waals surface area contributed by atoms with Crippen LogP contribution in [-0.4, -0.2) is 28.5 Å². The van der Waals surface area contributed by atoms with Crippen LogP contribution in [0.15, 0.2) is 12.3 Å². The molecule has 0 atom stereocenters. The minimum absolute atomic E-state index is 0.315. The largest absolute Gasteiger partial charge is 0.370 e. The second-order valence-electron chi connectivity index (χ2n) is 2.57. The number of aromatic nitrogens is 2. The molecule has 0 unspecified atom stereocenters. The Morgan fingerprint density at radius 3 is 3.15 bits per heavy atom. The third kappa shape index (κ3) is 3.98. The molecule has 13 heavy (non-hydrogen) atoms. The molecule has 0 bridgehead atoms. The van der Waals surface area contributed by atoms with Crippen molar-refractivity contribution in [1.82, 2.24) is 9.97 Å². The highest BCUT2D eigenvalue weighted by Crippen LogP contribution is 2.03. The standard InChI is InChI=1S/C8H14N4S/c1-13-6-2-4-10-7-3-5-11-8(9)12-7/h3,5H,2,4,6H2,1H3,(H3,9,10,11,12). The molecule has 1 aromatic rings. The van der Waals surface area contributed by atoms with E-state index in [0.717, 1.165) is 24.5 Å². The van der Waals surface area contributed by atoms with Gasteiger partial charge in [-0.05, 0) is 24.5 Å². The highest BCUT2D eigenvalue weighted by atomic mass is 32.2. The van der Waals surface area contributed by atoms with Crippen molar-refractivity contribution in [3.8, 4) is 0 Å². The monoisotopic (exact) mass is 198 g/mol. The maximum Gasteiger partial charge on any atom is 0.221 e. The van der Waals surface area contributed by atoms with Gasteiger partial charge in [-0.1, -0.05) is 0 Å². The first-order chi connectivity index (χ1) is 6.33. The molecule has 1 heterocycles. The normalized spacial score (nSPS) is 9.92. The summed E-state index contributed by atoms with van der Waals surface area (Å²) in [7, 11) is 0. The Kier molecular flexibility index (Phi) is 4.39. The SMILES string of the molecule is CSCCCNc1ccnc(N)n1. The van der Waals surface area contributed by atoms with E-state index >= 15 is 0 Å².